The lowest BCUT2D eigenvalue weighted by Gasteiger charge is -2.13. The van der Waals surface area contributed by atoms with Crippen molar-refractivity contribution in [2.75, 3.05) is 7.11 Å². The van der Waals surface area contributed by atoms with Crippen molar-refractivity contribution >= 4 is 11.6 Å². The van der Waals surface area contributed by atoms with Gasteiger partial charge in [0.05, 0.1) is 24.3 Å². The zero-order chi connectivity index (χ0) is 13.7. The van der Waals surface area contributed by atoms with Crippen LogP contribution in [0.4, 0.5) is 0 Å². The van der Waals surface area contributed by atoms with Gasteiger partial charge in [0, 0.05) is 11.8 Å². The molecule has 1 aromatic heterocycles. The zero-order valence-corrected chi connectivity index (χ0v) is 11.2. The van der Waals surface area contributed by atoms with Crippen molar-refractivity contribution in [3.8, 4) is 11.6 Å². The van der Waals surface area contributed by atoms with Gasteiger partial charge in [-0.25, -0.2) is 4.98 Å². The average molecular weight is 280 g/mol. The molecule has 100 valence electrons. The molecule has 5 heteroatoms. The van der Waals surface area contributed by atoms with Crippen LogP contribution in [0, 0.1) is 0 Å². The van der Waals surface area contributed by atoms with Gasteiger partial charge in [0.1, 0.15) is 12.4 Å². The van der Waals surface area contributed by atoms with Gasteiger partial charge in [-0.3, -0.25) is 0 Å². The summed E-state index contributed by atoms with van der Waals surface area (Å²) in [6.07, 6.45) is 1.65. The number of benzene rings is 1. The number of aliphatic hydroxyl groups excluding tert-OH is 1. The molecule has 0 aliphatic carbocycles. The van der Waals surface area contributed by atoms with E-state index in [1.165, 1.54) is 0 Å². The summed E-state index contributed by atoms with van der Waals surface area (Å²) < 4.78 is 10.8. The predicted molar refractivity (Wildman–Crippen MR) is 72.5 cm³/mol. The normalized spacial score (nSPS) is 10.3. The Balaban J connectivity index is 2.19. The minimum atomic E-state index is -0.125. The fourth-order valence-corrected chi connectivity index (χ4v) is 1.96. The van der Waals surface area contributed by atoms with E-state index in [1.807, 2.05) is 6.07 Å². The van der Waals surface area contributed by atoms with Gasteiger partial charge in [0.25, 0.3) is 0 Å². The lowest BCUT2D eigenvalue weighted by Crippen LogP contribution is -2.02. The Bertz CT molecular complexity index is 560. The lowest BCUT2D eigenvalue weighted by atomic mass is 10.2. The molecule has 0 saturated heterocycles. The fourth-order valence-electron chi connectivity index (χ4n) is 1.71. The Morgan fingerprint density at radius 1 is 1.21 bits per heavy atom. The maximum Gasteiger partial charge on any atom is 0.219 e. The SMILES string of the molecule is COc1ncccc1COc1c(Cl)cccc1CO. The lowest BCUT2D eigenvalue weighted by molar-refractivity contribution is 0.256. The second kappa shape index (κ2) is 6.41. The van der Waals surface area contributed by atoms with E-state index in [0.717, 1.165) is 5.56 Å². The molecule has 2 rings (SSSR count). The summed E-state index contributed by atoms with van der Waals surface area (Å²) in [5.74, 6) is 0.998. The molecule has 0 fully saturated rings. The van der Waals surface area contributed by atoms with E-state index < -0.39 is 0 Å². The van der Waals surface area contributed by atoms with Crippen molar-refractivity contribution in [3.05, 3.63) is 52.7 Å². The first-order valence-electron chi connectivity index (χ1n) is 5.75. The molecule has 1 aromatic carbocycles. The molecule has 4 nitrogen and oxygen atoms in total. The van der Waals surface area contributed by atoms with Crippen molar-refractivity contribution in [2.45, 2.75) is 13.2 Å². The highest BCUT2D eigenvalue weighted by Gasteiger charge is 2.10. The highest BCUT2D eigenvalue weighted by molar-refractivity contribution is 6.32. The van der Waals surface area contributed by atoms with Gasteiger partial charge < -0.3 is 14.6 Å². The van der Waals surface area contributed by atoms with Crippen LogP contribution < -0.4 is 9.47 Å². The van der Waals surface area contributed by atoms with Gasteiger partial charge in [-0.1, -0.05) is 23.7 Å². The zero-order valence-electron chi connectivity index (χ0n) is 10.5. The quantitative estimate of drug-likeness (QED) is 0.914. The van der Waals surface area contributed by atoms with Gasteiger partial charge in [-0.15, -0.1) is 0 Å². The number of para-hydroxylation sites is 1. The highest BCUT2D eigenvalue weighted by atomic mass is 35.5. The maximum absolute atomic E-state index is 9.27. The van der Waals surface area contributed by atoms with Crippen LogP contribution in [-0.4, -0.2) is 17.2 Å². The molecule has 19 heavy (non-hydrogen) atoms. The first kappa shape index (κ1) is 13.6. The van der Waals surface area contributed by atoms with Gasteiger partial charge in [-0.05, 0) is 18.2 Å². The number of ether oxygens (including phenoxy) is 2. The van der Waals surface area contributed by atoms with E-state index in [-0.39, 0.29) is 13.2 Å². The molecular formula is C14H14ClNO3. The molecule has 0 amide bonds. The van der Waals surface area contributed by atoms with Crippen LogP contribution in [0.3, 0.4) is 0 Å². The van der Waals surface area contributed by atoms with Crippen molar-refractivity contribution in [3.63, 3.8) is 0 Å². The van der Waals surface area contributed by atoms with Crippen LogP contribution in [0.2, 0.25) is 5.02 Å². The molecule has 1 N–H and O–H groups in total. The summed E-state index contributed by atoms with van der Waals surface area (Å²) in [4.78, 5) is 4.09. The van der Waals surface area contributed by atoms with Crippen LogP contribution in [-0.2, 0) is 13.2 Å². The maximum atomic E-state index is 9.27. The van der Waals surface area contributed by atoms with Crippen LogP contribution in [0.5, 0.6) is 11.6 Å². The molecule has 0 spiro atoms. The second-order valence-electron chi connectivity index (χ2n) is 3.85. The number of rotatable bonds is 5. The molecule has 2 aromatic rings. The van der Waals surface area contributed by atoms with E-state index in [2.05, 4.69) is 4.98 Å². The molecule has 0 aliphatic rings. The first-order chi connectivity index (χ1) is 9.26. The van der Waals surface area contributed by atoms with E-state index in [4.69, 9.17) is 21.1 Å². The van der Waals surface area contributed by atoms with Crippen LogP contribution in [0.1, 0.15) is 11.1 Å². The van der Waals surface area contributed by atoms with Gasteiger partial charge in [0.2, 0.25) is 5.88 Å². The number of aliphatic hydroxyl groups is 1. The van der Waals surface area contributed by atoms with Crippen LogP contribution in [0.15, 0.2) is 36.5 Å². The number of hydrogen-bond donors (Lipinski definition) is 1. The fraction of sp³-hybridized carbons (Fsp3) is 0.214. The van der Waals surface area contributed by atoms with E-state index in [1.54, 1.807) is 37.6 Å². The summed E-state index contributed by atoms with van der Waals surface area (Å²) >= 11 is 6.07. The van der Waals surface area contributed by atoms with E-state index >= 15 is 0 Å². The smallest absolute Gasteiger partial charge is 0.219 e. The first-order valence-corrected chi connectivity index (χ1v) is 6.13. The predicted octanol–water partition coefficient (Wildman–Crippen LogP) is 2.81. The van der Waals surface area contributed by atoms with E-state index in [0.29, 0.717) is 22.2 Å². The molecule has 0 atom stereocenters. The van der Waals surface area contributed by atoms with Gasteiger partial charge in [0.15, 0.2) is 0 Å². The number of pyridine rings is 1. The topological polar surface area (TPSA) is 51.6 Å². The standard InChI is InChI=1S/C14H14ClNO3/c1-18-14-11(5-3-7-16-14)9-19-13-10(8-17)4-2-6-12(13)15/h2-7,17H,8-9H2,1H3. The number of methoxy groups -OCH3 is 1. The summed E-state index contributed by atoms with van der Waals surface area (Å²) in [5, 5.41) is 9.73. The Morgan fingerprint density at radius 2 is 2.00 bits per heavy atom. The van der Waals surface area contributed by atoms with Crippen molar-refractivity contribution in [1.29, 1.82) is 0 Å². The van der Waals surface area contributed by atoms with Gasteiger partial charge in [-0.2, -0.15) is 0 Å². The van der Waals surface area contributed by atoms with Crippen molar-refractivity contribution in [2.24, 2.45) is 0 Å². The summed E-state index contributed by atoms with van der Waals surface area (Å²) in [6.45, 7) is 0.147. The average Bonchev–Trinajstić information content (AvgIpc) is 2.46. The largest absolute Gasteiger partial charge is 0.487 e. The Hall–Kier alpha value is -1.78. The Kier molecular flexibility index (Phi) is 4.60. The van der Waals surface area contributed by atoms with E-state index in [9.17, 15) is 5.11 Å². The van der Waals surface area contributed by atoms with Crippen molar-refractivity contribution in [1.82, 2.24) is 4.98 Å². The number of aromatic nitrogens is 1. The minimum Gasteiger partial charge on any atom is -0.487 e. The van der Waals surface area contributed by atoms with Crippen LogP contribution >= 0.6 is 11.6 Å². The molecule has 0 radical (unpaired) electrons. The molecule has 0 saturated carbocycles. The third-order valence-corrected chi connectivity index (χ3v) is 2.93. The summed E-state index contributed by atoms with van der Waals surface area (Å²) in [7, 11) is 1.56. The molecule has 0 unspecified atom stereocenters. The summed E-state index contributed by atoms with van der Waals surface area (Å²) in [5.41, 5.74) is 1.46. The summed E-state index contributed by atoms with van der Waals surface area (Å²) in [6, 6.07) is 8.92. The number of nitrogens with zero attached hydrogens (tertiary/aromatic N) is 1. The molecule has 1 heterocycles. The Labute approximate surface area is 116 Å². The third kappa shape index (κ3) is 3.16. The molecule has 0 bridgehead atoms. The Morgan fingerprint density at radius 3 is 2.74 bits per heavy atom. The molecule has 0 aliphatic heterocycles. The third-order valence-electron chi connectivity index (χ3n) is 2.63. The monoisotopic (exact) mass is 279 g/mol. The molecular weight excluding hydrogens is 266 g/mol. The van der Waals surface area contributed by atoms with Gasteiger partial charge >= 0.3 is 0 Å². The second-order valence-corrected chi connectivity index (χ2v) is 4.25. The highest BCUT2D eigenvalue weighted by Crippen LogP contribution is 2.30. The number of halogens is 1. The number of hydrogen-bond acceptors (Lipinski definition) is 4. The van der Waals surface area contributed by atoms with Crippen molar-refractivity contribution < 1.29 is 14.6 Å². The van der Waals surface area contributed by atoms with Crippen LogP contribution in [0.25, 0.3) is 0 Å². The minimum absolute atomic E-state index is 0.125.